The Labute approximate surface area is 139 Å². The van der Waals surface area contributed by atoms with E-state index in [2.05, 4.69) is 43.2 Å². The van der Waals surface area contributed by atoms with Crippen molar-refractivity contribution in [3.05, 3.63) is 29.3 Å². The molecule has 1 atom stereocenters. The van der Waals surface area contributed by atoms with E-state index in [-0.39, 0.29) is 6.03 Å². The summed E-state index contributed by atoms with van der Waals surface area (Å²) in [5, 5.41) is 3.06. The Morgan fingerprint density at radius 3 is 2.43 bits per heavy atom. The Bertz CT molecular complexity index is 564. The van der Waals surface area contributed by atoms with E-state index in [4.69, 9.17) is 0 Å². The van der Waals surface area contributed by atoms with E-state index in [0.29, 0.717) is 5.92 Å². The Hall–Kier alpha value is -1.55. The molecule has 23 heavy (non-hydrogen) atoms. The summed E-state index contributed by atoms with van der Waals surface area (Å²) in [6.07, 6.45) is 3.73. The molecular weight excluding hydrogens is 286 g/mol. The molecular formula is C19H29N3O. The van der Waals surface area contributed by atoms with E-state index in [0.717, 1.165) is 31.1 Å². The molecule has 2 aliphatic rings. The van der Waals surface area contributed by atoms with Gasteiger partial charge in [-0.05, 0) is 88.3 Å². The third-order valence-electron chi connectivity index (χ3n) is 5.70. The highest BCUT2D eigenvalue weighted by atomic mass is 16.2. The number of anilines is 1. The van der Waals surface area contributed by atoms with Crippen LogP contribution in [0.5, 0.6) is 0 Å². The number of benzene rings is 1. The number of piperidine rings is 1. The maximum absolute atomic E-state index is 12.5. The van der Waals surface area contributed by atoms with E-state index >= 15 is 0 Å². The summed E-state index contributed by atoms with van der Waals surface area (Å²) >= 11 is 0. The predicted octanol–water partition coefficient (Wildman–Crippen LogP) is 3.50. The Morgan fingerprint density at radius 2 is 1.74 bits per heavy atom. The molecule has 4 nitrogen and oxygen atoms in total. The largest absolute Gasteiger partial charge is 0.324 e. The third kappa shape index (κ3) is 3.86. The molecule has 1 aromatic rings. The van der Waals surface area contributed by atoms with Crippen LogP contribution in [0.25, 0.3) is 0 Å². The Balaban J connectivity index is 1.54. The molecule has 2 saturated heterocycles. The quantitative estimate of drug-likeness (QED) is 0.906. The number of hydrogen-bond donors (Lipinski definition) is 1. The van der Waals surface area contributed by atoms with Gasteiger partial charge in [0.25, 0.3) is 0 Å². The number of carbonyl (C=O) groups excluding carboxylic acids is 1. The molecule has 1 N–H and O–H groups in total. The number of likely N-dealkylation sites (tertiary alicyclic amines) is 2. The van der Waals surface area contributed by atoms with Gasteiger partial charge in [-0.2, -0.15) is 0 Å². The van der Waals surface area contributed by atoms with Crippen LogP contribution in [0.1, 0.15) is 30.4 Å². The summed E-state index contributed by atoms with van der Waals surface area (Å²) in [4.78, 5) is 16.9. The van der Waals surface area contributed by atoms with Crippen LogP contribution in [0, 0.1) is 25.7 Å². The van der Waals surface area contributed by atoms with Crippen molar-refractivity contribution in [2.24, 2.45) is 11.8 Å². The molecule has 0 aliphatic carbocycles. The van der Waals surface area contributed by atoms with Gasteiger partial charge in [0, 0.05) is 18.8 Å². The number of nitrogens with one attached hydrogen (secondary N) is 1. The number of carbonyl (C=O) groups is 1. The standard InChI is InChI=1S/C19H29N3O/c1-14-4-5-18(12-15(14)2)20-19(23)22-11-8-17(13-22)16-6-9-21(3)10-7-16/h4-5,12,16-17H,6-11,13H2,1-3H3,(H,20,23). The monoisotopic (exact) mass is 315 g/mol. The normalized spacial score (nSPS) is 23.3. The van der Waals surface area contributed by atoms with Crippen molar-refractivity contribution < 1.29 is 4.79 Å². The van der Waals surface area contributed by atoms with Crippen molar-refractivity contribution in [2.45, 2.75) is 33.1 Å². The number of urea groups is 1. The number of rotatable bonds is 2. The first-order chi connectivity index (χ1) is 11.0. The van der Waals surface area contributed by atoms with Crippen LogP contribution >= 0.6 is 0 Å². The van der Waals surface area contributed by atoms with Gasteiger partial charge in [-0.3, -0.25) is 0 Å². The predicted molar refractivity (Wildman–Crippen MR) is 94.8 cm³/mol. The molecule has 1 unspecified atom stereocenters. The summed E-state index contributed by atoms with van der Waals surface area (Å²) < 4.78 is 0. The van der Waals surface area contributed by atoms with Crippen LogP contribution in [-0.4, -0.2) is 49.1 Å². The number of amides is 2. The van der Waals surface area contributed by atoms with E-state index in [1.165, 1.54) is 37.1 Å². The minimum atomic E-state index is 0.0590. The van der Waals surface area contributed by atoms with Crippen molar-refractivity contribution in [1.29, 1.82) is 0 Å². The van der Waals surface area contributed by atoms with Crippen LogP contribution in [0.15, 0.2) is 18.2 Å². The summed E-state index contributed by atoms with van der Waals surface area (Å²) in [5.74, 6) is 1.49. The maximum Gasteiger partial charge on any atom is 0.321 e. The van der Waals surface area contributed by atoms with Crippen LogP contribution in [0.2, 0.25) is 0 Å². The zero-order valence-electron chi connectivity index (χ0n) is 14.6. The molecule has 126 valence electrons. The summed E-state index contributed by atoms with van der Waals surface area (Å²) in [5.41, 5.74) is 3.38. The fraction of sp³-hybridized carbons (Fsp3) is 0.632. The summed E-state index contributed by atoms with van der Waals surface area (Å²) in [6.45, 7) is 8.40. The molecule has 0 radical (unpaired) electrons. The molecule has 2 amide bonds. The zero-order chi connectivity index (χ0) is 16.4. The summed E-state index contributed by atoms with van der Waals surface area (Å²) in [7, 11) is 2.20. The van der Waals surface area contributed by atoms with Crippen molar-refractivity contribution in [3.63, 3.8) is 0 Å². The van der Waals surface area contributed by atoms with Gasteiger partial charge < -0.3 is 15.1 Å². The minimum Gasteiger partial charge on any atom is -0.324 e. The molecule has 3 rings (SSSR count). The smallest absolute Gasteiger partial charge is 0.321 e. The van der Waals surface area contributed by atoms with Gasteiger partial charge >= 0.3 is 6.03 Å². The lowest BCUT2D eigenvalue weighted by Gasteiger charge is -2.32. The van der Waals surface area contributed by atoms with E-state index < -0.39 is 0 Å². The molecule has 2 aliphatic heterocycles. The Kier molecular flexibility index (Phi) is 4.90. The van der Waals surface area contributed by atoms with Crippen molar-refractivity contribution in [1.82, 2.24) is 9.80 Å². The second kappa shape index (κ2) is 6.91. The van der Waals surface area contributed by atoms with E-state index in [1.54, 1.807) is 0 Å². The van der Waals surface area contributed by atoms with Crippen LogP contribution < -0.4 is 5.32 Å². The van der Waals surface area contributed by atoms with E-state index in [1.807, 2.05) is 11.0 Å². The van der Waals surface area contributed by atoms with Gasteiger partial charge in [-0.15, -0.1) is 0 Å². The van der Waals surface area contributed by atoms with Crippen molar-refractivity contribution in [2.75, 3.05) is 38.5 Å². The molecule has 4 heteroatoms. The lowest BCUT2D eigenvalue weighted by Crippen LogP contribution is -2.36. The fourth-order valence-corrected chi connectivity index (χ4v) is 3.88. The number of nitrogens with zero attached hydrogens (tertiary/aromatic N) is 2. The lowest BCUT2D eigenvalue weighted by atomic mass is 9.84. The highest BCUT2D eigenvalue weighted by Crippen LogP contribution is 2.31. The van der Waals surface area contributed by atoms with Gasteiger partial charge in [0.15, 0.2) is 0 Å². The fourth-order valence-electron chi connectivity index (χ4n) is 3.88. The van der Waals surface area contributed by atoms with Crippen LogP contribution in [0.4, 0.5) is 10.5 Å². The maximum atomic E-state index is 12.5. The zero-order valence-corrected chi connectivity index (χ0v) is 14.6. The second-order valence-electron chi connectivity index (χ2n) is 7.36. The molecule has 2 heterocycles. The summed E-state index contributed by atoms with van der Waals surface area (Å²) in [6, 6.07) is 6.17. The second-order valence-corrected chi connectivity index (χ2v) is 7.36. The average molecular weight is 315 g/mol. The van der Waals surface area contributed by atoms with Crippen LogP contribution in [-0.2, 0) is 0 Å². The molecule has 0 spiro atoms. The van der Waals surface area contributed by atoms with Crippen molar-refractivity contribution in [3.8, 4) is 0 Å². The Morgan fingerprint density at radius 1 is 1.04 bits per heavy atom. The lowest BCUT2D eigenvalue weighted by molar-refractivity contribution is 0.170. The number of aryl methyl sites for hydroxylation is 2. The third-order valence-corrected chi connectivity index (χ3v) is 5.70. The highest BCUT2D eigenvalue weighted by Gasteiger charge is 2.33. The van der Waals surface area contributed by atoms with Crippen molar-refractivity contribution >= 4 is 11.7 Å². The SMILES string of the molecule is Cc1ccc(NC(=O)N2CCC(C3CCN(C)CC3)C2)cc1C. The average Bonchev–Trinajstić information content (AvgIpc) is 3.02. The van der Waals surface area contributed by atoms with Crippen LogP contribution in [0.3, 0.4) is 0 Å². The van der Waals surface area contributed by atoms with Gasteiger partial charge in [0.1, 0.15) is 0 Å². The molecule has 1 aromatic carbocycles. The molecule has 0 bridgehead atoms. The van der Waals surface area contributed by atoms with Gasteiger partial charge in [0.05, 0.1) is 0 Å². The first-order valence-electron chi connectivity index (χ1n) is 8.84. The molecule has 2 fully saturated rings. The topological polar surface area (TPSA) is 35.6 Å². The first kappa shape index (κ1) is 16.3. The first-order valence-corrected chi connectivity index (χ1v) is 8.84. The van der Waals surface area contributed by atoms with E-state index in [9.17, 15) is 4.79 Å². The highest BCUT2D eigenvalue weighted by molar-refractivity contribution is 5.89. The van der Waals surface area contributed by atoms with Gasteiger partial charge in [-0.1, -0.05) is 6.07 Å². The molecule has 0 saturated carbocycles. The van der Waals surface area contributed by atoms with Gasteiger partial charge in [0.2, 0.25) is 0 Å². The van der Waals surface area contributed by atoms with Gasteiger partial charge in [-0.25, -0.2) is 4.79 Å². The minimum absolute atomic E-state index is 0.0590. The number of hydrogen-bond acceptors (Lipinski definition) is 2. The molecule has 0 aromatic heterocycles.